The number of ether oxygens (including phenoxy) is 1. The minimum atomic E-state index is 0.118. The van der Waals surface area contributed by atoms with Gasteiger partial charge in [0.25, 0.3) is 5.91 Å². The zero-order chi connectivity index (χ0) is 23.2. The van der Waals surface area contributed by atoms with Gasteiger partial charge >= 0.3 is 0 Å². The second kappa shape index (κ2) is 10.9. The van der Waals surface area contributed by atoms with E-state index in [-0.39, 0.29) is 5.91 Å². The number of piperidine rings is 1. The van der Waals surface area contributed by atoms with E-state index in [2.05, 4.69) is 46.2 Å². The van der Waals surface area contributed by atoms with Crippen LogP contribution in [0, 0.1) is 0 Å². The van der Waals surface area contributed by atoms with Crippen molar-refractivity contribution in [3.8, 4) is 5.75 Å². The van der Waals surface area contributed by atoms with Crippen molar-refractivity contribution in [1.82, 2.24) is 9.80 Å². The van der Waals surface area contributed by atoms with Crippen LogP contribution >= 0.6 is 0 Å². The molecule has 0 bridgehead atoms. The fourth-order valence-electron chi connectivity index (χ4n) is 5.10. The summed E-state index contributed by atoms with van der Waals surface area (Å²) in [6.07, 6.45) is 5.10. The maximum absolute atomic E-state index is 13.1. The second-order valence-corrected chi connectivity index (χ2v) is 9.44. The van der Waals surface area contributed by atoms with Gasteiger partial charge in [0.05, 0.1) is 6.61 Å². The van der Waals surface area contributed by atoms with Crippen molar-refractivity contribution in [2.45, 2.75) is 25.7 Å². The van der Waals surface area contributed by atoms with E-state index in [1.54, 1.807) is 0 Å². The van der Waals surface area contributed by atoms with Gasteiger partial charge < -0.3 is 19.4 Å². The average molecular weight is 458 g/mol. The second-order valence-electron chi connectivity index (χ2n) is 9.44. The Morgan fingerprint density at radius 3 is 2.29 bits per heavy atom. The van der Waals surface area contributed by atoms with Crippen molar-refractivity contribution in [3.05, 3.63) is 72.3 Å². The summed E-state index contributed by atoms with van der Waals surface area (Å²) in [6.45, 7) is 7.56. The zero-order valence-corrected chi connectivity index (χ0v) is 20.0. The molecule has 0 spiro atoms. The summed E-state index contributed by atoms with van der Waals surface area (Å²) < 4.78 is 6.02. The van der Waals surface area contributed by atoms with Gasteiger partial charge in [-0.25, -0.2) is 0 Å². The van der Waals surface area contributed by atoms with Gasteiger partial charge in [-0.05, 0) is 79.5 Å². The quantitative estimate of drug-likeness (QED) is 0.465. The molecule has 0 saturated carbocycles. The predicted octanol–water partition coefficient (Wildman–Crippen LogP) is 5.06. The number of carbonyl (C=O) groups is 1. The molecule has 2 fully saturated rings. The van der Waals surface area contributed by atoms with Crippen LogP contribution in [0.15, 0.2) is 66.7 Å². The van der Waals surface area contributed by atoms with Crippen molar-refractivity contribution < 1.29 is 9.53 Å². The molecule has 2 heterocycles. The lowest BCUT2D eigenvalue weighted by atomic mass is 10.1. The first-order valence-electron chi connectivity index (χ1n) is 12.7. The minimum absolute atomic E-state index is 0.118. The number of amides is 1. The Hall–Kier alpha value is -3.05. The number of anilines is 1. The van der Waals surface area contributed by atoms with Crippen LogP contribution in [0.5, 0.6) is 5.75 Å². The molecular weight excluding hydrogens is 422 g/mol. The summed E-state index contributed by atoms with van der Waals surface area (Å²) in [5, 5.41) is 2.19. The van der Waals surface area contributed by atoms with E-state index >= 15 is 0 Å². The van der Waals surface area contributed by atoms with Crippen LogP contribution in [0.25, 0.3) is 10.8 Å². The normalized spacial score (nSPS) is 17.2. The molecule has 0 N–H and O–H groups in total. The van der Waals surface area contributed by atoms with E-state index in [4.69, 9.17) is 4.74 Å². The number of likely N-dealkylation sites (tertiary alicyclic amines) is 1. The molecule has 5 nitrogen and oxygen atoms in total. The van der Waals surface area contributed by atoms with Gasteiger partial charge in [-0.1, -0.05) is 36.8 Å². The molecule has 1 amide bonds. The molecule has 0 unspecified atom stereocenters. The molecule has 178 valence electrons. The molecule has 0 aliphatic carbocycles. The van der Waals surface area contributed by atoms with Crippen molar-refractivity contribution >= 4 is 22.4 Å². The van der Waals surface area contributed by atoms with Gasteiger partial charge in [-0.3, -0.25) is 4.79 Å². The van der Waals surface area contributed by atoms with E-state index in [0.717, 1.165) is 67.8 Å². The first-order chi connectivity index (χ1) is 16.8. The van der Waals surface area contributed by atoms with Crippen LogP contribution in [0.4, 0.5) is 5.69 Å². The molecule has 5 rings (SSSR count). The van der Waals surface area contributed by atoms with Crippen molar-refractivity contribution in [2.75, 3.05) is 57.3 Å². The average Bonchev–Trinajstić information content (AvgIpc) is 2.91. The smallest absolute Gasteiger partial charge is 0.253 e. The number of nitrogens with zero attached hydrogens (tertiary/aromatic N) is 3. The summed E-state index contributed by atoms with van der Waals surface area (Å²) >= 11 is 0. The van der Waals surface area contributed by atoms with Crippen LogP contribution in [0.1, 0.15) is 36.0 Å². The number of benzene rings is 3. The van der Waals surface area contributed by atoms with E-state index in [1.807, 2.05) is 35.2 Å². The number of rotatable bonds is 7. The van der Waals surface area contributed by atoms with Gasteiger partial charge in [0.1, 0.15) is 5.75 Å². The fourth-order valence-corrected chi connectivity index (χ4v) is 5.10. The lowest BCUT2D eigenvalue weighted by molar-refractivity contribution is 0.0747. The van der Waals surface area contributed by atoms with Gasteiger partial charge in [0.15, 0.2) is 0 Å². The van der Waals surface area contributed by atoms with Crippen LogP contribution in [-0.4, -0.2) is 68.1 Å². The summed E-state index contributed by atoms with van der Waals surface area (Å²) in [7, 11) is 0. The third kappa shape index (κ3) is 5.53. The summed E-state index contributed by atoms with van der Waals surface area (Å²) in [6, 6.07) is 22.6. The molecule has 2 saturated heterocycles. The van der Waals surface area contributed by atoms with Crippen molar-refractivity contribution in [1.29, 1.82) is 0 Å². The van der Waals surface area contributed by atoms with Crippen LogP contribution in [0.3, 0.4) is 0 Å². The maximum atomic E-state index is 13.1. The Labute approximate surface area is 202 Å². The highest BCUT2D eigenvalue weighted by Crippen LogP contribution is 2.24. The predicted molar refractivity (Wildman–Crippen MR) is 139 cm³/mol. The number of hydrogen-bond donors (Lipinski definition) is 0. The third-order valence-electron chi connectivity index (χ3n) is 7.08. The van der Waals surface area contributed by atoms with Crippen LogP contribution in [0.2, 0.25) is 0 Å². The molecule has 0 atom stereocenters. The molecule has 34 heavy (non-hydrogen) atoms. The largest absolute Gasteiger partial charge is 0.494 e. The fraction of sp³-hybridized carbons (Fsp3) is 0.414. The highest BCUT2D eigenvalue weighted by atomic mass is 16.5. The highest BCUT2D eigenvalue weighted by Gasteiger charge is 2.22. The van der Waals surface area contributed by atoms with Crippen LogP contribution in [-0.2, 0) is 0 Å². The standard InChI is InChI=1S/C29H35N3O2/c33-29(32-19-17-31(18-20-32)27-8-3-1-4-9-27)26-11-10-25-23-28(13-12-24(25)22-26)34-21-7-16-30-14-5-2-6-15-30/h1,3-4,8-13,22-23H,2,5-7,14-21H2. The Balaban J connectivity index is 1.14. The molecule has 0 radical (unpaired) electrons. The summed E-state index contributed by atoms with van der Waals surface area (Å²) in [5.74, 6) is 1.02. The first kappa shape index (κ1) is 22.7. The van der Waals surface area contributed by atoms with Gasteiger partial charge in [0, 0.05) is 44.0 Å². The Kier molecular flexibility index (Phi) is 7.30. The topological polar surface area (TPSA) is 36.0 Å². The molecule has 0 aromatic heterocycles. The highest BCUT2D eigenvalue weighted by molar-refractivity contribution is 5.99. The lowest BCUT2D eigenvalue weighted by Crippen LogP contribution is -2.48. The van der Waals surface area contributed by atoms with E-state index < -0.39 is 0 Å². The van der Waals surface area contributed by atoms with E-state index in [1.165, 1.54) is 38.0 Å². The SMILES string of the molecule is O=C(c1ccc2cc(OCCCN3CCCCC3)ccc2c1)N1CCN(c2ccccc2)CC1. The third-order valence-corrected chi connectivity index (χ3v) is 7.08. The van der Waals surface area contributed by atoms with Crippen molar-refractivity contribution in [2.24, 2.45) is 0 Å². The van der Waals surface area contributed by atoms with Crippen molar-refractivity contribution in [3.63, 3.8) is 0 Å². The maximum Gasteiger partial charge on any atom is 0.253 e. The molecule has 3 aromatic carbocycles. The monoisotopic (exact) mass is 457 g/mol. The number of fused-ring (bicyclic) bond motifs is 1. The first-order valence-corrected chi connectivity index (χ1v) is 12.7. The van der Waals surface area contributed by atoms with E-state index in [9.17, 15) is 4.79 Å². The zero-order valence-electron chi connectivity index (χ0n) is 20.0. The number of carbonyl (C=O) groups excluding carboxylic acids is 1. The summed E-state index contributed by atoms with van der Waals surface area (Å²) in [4.78, 5) is 20.0. The molecule has 5 heteroatoms. The Morgan fingerprint density at radius 2 is 1.50 bits per heavy atom. The molecular formula is C29H35N3O2. The lowest BCUT2D eigenvalue weighted by Gasteiger charge is -2.36. The Bertz CT molecular complexity index is 1090. The summed E-state index contributed by atoms with van der Waals surface area (Å²) in [5.41, 5.74) is 1.99. The molecule has 2 aliphatic heterocycles. The Morgan fingerprint density at radius 1 is 0.765 bits per heavy atom. The van der Waals surface area contributed by atoms with E-state index in [0.29, 0.717) is 0 Å². The number of para-hydroxylation sites is 1. The molecule has 2 aliphatic rings. The van der Waals surface area contributed by atoms with Gasteiger partial charge in [-0.2, -0.15) is 0 Å². The van der Waals surface area contributed by atoms with Gasteiger partial charge in [0.2, 0.25) is 0 Å². The number of hydrogen-bond acceptors (Lipinski definition) is 4. The molecule has 3 aromatic rings. The number of piperazine rings is 1. The van der Waals surface area contributed by atoms with Gasteiger partial charge in [-0.15, -0.1) is 0 Å². The van der Waals surface area contributed by atoms with Crippen LogP contribution < -0.4 is 9.64 Å². The minimum Gasteiger partial charge on any atom is -0.494 e.